The Hall–Kier alpha value is -1.89. The number of ether oxygens (including phenoxy) is 1. The van der Waals surface area contributed by atoms with Crippen LogP contribution >= 0.6 is 0 Å². The van der Waals surface area contributed by atoms with Crippen LogP contribution in [0, 0.1) is 0 Å². The fourth-order valence-corrected chi connectivity index (χ4v) is 3.27. The first-order valence-electron chi connectivity index (χ1n) is 8.67. The minimum Gasteiger partial charge on any atom is -0.457 e. The molecule has 0 aromatic heterocycles. The molecule has 7 heteroatoms. The van der Waals surface area contributed by atoms with Crippen LogP contribution in [0.15, 0.2) is 24.3 Å². The monoisotopic (exact) mass is 371 g/mol. The van der Waals surface area contributed by atoms with Gasteiger partial charge in [-0.25, -0.2) is 0 Å². The number of Topliss-reactive ketones (excluding diaryl/α,β-unsaturated/α-hetero) is 1. The van der Waals surface area contributed by atoms with Gasteiger partial charge in [0, 0.05) is 19.4 Å². The number of halogens is 3. The average molecular weight is 371 g/mol. The molecule has 1 atom stereocenters. The van der Waals surface area contributed by atoms with Gasteiger partial charge in [0.2, 0.25) is 0 Å². The molecule has 2 rings (SSSR count). The van der Waals surface area contributed by atoms with Gasteiger partial charge >= 0.3 is 12.1 Å². The number of alkyl halides is 3. The lowest BCUT2D eigenvalue weighted by Crippen LogP contribution is -2.57. The third-order valence-electron chi connectivity index (χ3n) is 4.50. The molecule has 1 saturated heterocycles. The first-order chi connectivity index (χ1) is 12.0. The Morgan fingerprint density at radius 3 is 2.58 bits per heavy atom. The Bertz CT molecular complexity index is 670. The molecule has 1 heterocycles. The van der Waals surface area contributed by atoms with Crippen LogP contribution in [0.5, 0.6) is 0 Å². The third-order valence-corrected chi connectivity index (χ3v) is 4.50. The van der Waals surface area contributed by atoms with E-state index in [2.05, 4.69) is 0 Å². The van der Waals surface area contributed by atoms with Crippen molar-refractivity contribution in [2.75, 3.05) is 13.1 Å². The molecule has 0 bridgehead atoms. The number of aryl methyl sites for hydroxylation is 1. The zero-order chi connectivity index (χ0) is 19.5. The van der Waals surface area contributed by atoms with E-state index >= 15 is 0 Å². The smallest absolute Gasteiger partial charge is 0.416 e. The van der Waals surface area contributed by atoms with Gasteiger partial charge in [0.25, 0.3) is 0 Å². The molecule has 0 aliphatic carbocycles. The van der Waals surface area contributed by atoms with Gasteiger partial charge in [0.05, 0.1) is 5.56 Å². The van der Waals surface area contributed by atoms with Crippen molar-refractivity contribution in [1.82, 2.24) is 4.90 Å². The number of benzene rings is 1. The molecular weight excluding hydrogens is 347 g/mol. The number of esters is 1. The van der Waals surface area contributed by atoms with E-state index in [1.807, 2.05) is 11.8 Å². The second-order valence-corrected chi connectivity index (χ2v) is 7.16. The lowest BCUT2D eigenvalue weighted by molar-refractivity contribution is -0.178. The van der Waals surface area contributed by atoms with Gasteiger partial charge in [-0.1, -0.05) is 25.1 Å². The van der Waals surface area contributed by atoms with Crippen LogP contribution in [0.25, 0.3) is 0 Å². The van der Waals surface area contributed by atoms with Gasteiger partial charge in [0.15, 0.2) is 0 Å². The number of morpholine rings is 1. The number of likely N-dealkylation sites (N-methyl/N-ethyl adjacent to an activating group) is 1. The standard InChI is InChI=1S/C19H24F3NO3/c1-4-23-12-18(2,3)26-17(25)16(23)11-14(24)10-9-13-7-5-6-8-15(13)19(20,21)22/h5-8,16H,4,9-12H2,1-3H3. The molecule has 1 fully saturated rings. The summed E-state index contributed by atoms with van der Waals surface area (Å²) in [6, 6.07) is 4.57. The van der Waals surface area contributed by atoms with Gasteiger partial charge in [-0.05, 0) is 38.4 Å². The second-order valence-electron chi connectivity index (χ2n) is 7.16. The van der Waals surface area contributed by atoms with Crippen molar-refractivity contribution in [3.8, 4) is 0 Å². The highest BCUT2D eigenvalue weighted by Gasteiger charge is 2.40. The summed E-state index contributed by atoms with van der Waals surface area (Å²) in [6.07, 6.45) is -4.54. The van der Waals surface area contributed by atoms with Crippen LogP contribution in [0.1, 0.15) is 44.7 Å². The van der Waals surface area contributed by atoms with E-state index in [0.29, 0.717) is 13.1 Å². The van der Waals surface area contributed by atoms with E-state index in [9.17, 15) is 22.8 Å². The molecule has 0 spiro atoms. The number of carbonyl (C=O) groups is 2. The van der Waals surface area contributed by atoms with Crippen molar-refractivity contribution in [2.45, 2.75) is 57.9 Å². The minimum atomic E-state index is -4.45. The third kappa shape index (κ3) is 5.06. The van der Waals surface area contributed by atoms with E-state index in [0.717, 1.165) is 6.07 Å². The Morgan fingerprint density at radius 1 is 1.31 bits per heavy atom. The summed E-state index contributed by atoms with van der Waals surface area (Å²) in [7, 11) is 0. The molecule has 0 radical (unpaired) electrons. The Morgan fingerprint density at radius 2 is 1.96 bits per heavy atom. The Balaban J connectivity index is 2.00. The van der Waals surface area contributed by atoms with E-state index in [4.69, 9.17) is 4.74 Å². The van der Waals surface area contributed by atoms with Crippen molar-refractivity contribution < 1.29 is 27.5 Å². The predicted octanol–water partition coefficient (Wildman–Crippen LogP) is 3.62. The zero-order valence-corrected chi connectivity index (χ0v) is 15.2. The molecule has 0 amide bonds. The van der Waals surface area contributed by atoms with E-state index in [1.165, 1.54) is 18.2 Å². The number of ketones is 1. The van der Waals surface area contributed by atoms with Crippen LogP contribution in [-0.2, 0) is 26.9 Å². The highest BCUT2D eigenvalue weighted by Crippen LogP contribution is 2.32. The van der Waals surface area contributed by atoms with E-state index in [1.54, 1.807) is 13.8 Å². The van der Waals surface area contributed by atoms with E-state index < -0.39 is 29.4 Å². The van der Waals surface area contributed by atoms with Crippen molar-refractivity contribution in [3.63, 3.8) is 0 Å². The molecule has 0 saturated carbocycles. The van der Waals surface area contributed by atoms with Gasteiger partial charge in [0.1, 0.15) is 17.4 Å². The second kappa shape index (κ2) is 7.78. The molecule has 26 heavy (non-hydrogen) atoms. The molecule has 1 aromatic rings. The normalized spacial score (nSPS) is 20.7. The molecule has 0 N–H and O–H groups in total. The summed E-state index contributed by atoms with van der Waals surface area (Å²) in [5, 5.41) is 0. The largest absolute Gasteiger partial charge is 0.457 e. The number of cyclic esters (lactones) is 1. The SMILES string of the molecule is CCN1CC(C)(C)OC(=O)C1CC(=O)CCc1ccccc1C(F)(F)F. The quantitative estimate of drug-likeness (QED) is 0.717. The Labute approximate surface area is 151 Å². The molecule has 4 nitrogen and oxygen atoms in total. The number of nitrogens with zero attached hydrogens (tertiary/aromatic N) is 1. The summed E-state index contributed by atoms with van der Waals surface area (Å²) in [6.45, 7) is 6.61. The van der Waals surface area contributed by atoms with E-state index in [-0.39, 0.29) is 30.6 Å². The summed E-state index contributed by atoms with van der Waals surface area (Å²) in [5.41, 5.74) is -1.24. The maximum absolute atomic E-state index is 13.0. The highest BCUT2D eigenvalue weighted by molar-refractivity contribution is 5.87. The van der Waals surface area contributed by atoms with Crippen molar-refractivity contribution >= 4 is 11.8 Å². The molecular formula is C19H24F3NO3. The summed E-state index contributed by atoms with van der Waals surface area (Å²) in [4.78, 5) is 26.4. The number of hydrogen-bond acceptors (Lipinski definition) is 4. The fraction of sp³-hybridized carbons (Fsp3) is 0.579. The maximum Gasteiger partial charge on any atom is 0.416 e. The van der Waals surface area contributed by atoms with Crippen LogP contribution in [0.2, 0.25) is 0 Å². The maximum atomic E-state index is 13.0. The minimum absolute atomic E-state index is 0.00605. The molecule has 144 valence electrons. The molecule has 1 aliphatic heterocycles. The van der Waals surface area contributed by atoms with Crippen LogP contribution in [0.3, 0.4) is 0 Å². The first kappa shape index (κ1) is 20.4. The lowest BCUT2D eigenvalue weighted by Gasteiger charge is -2.41. The number of carbonyl (C=O) groups excluding carboxylic acids is 2. The zero-order valence-electron chi connectivity index (χ0n) is 15.2. The molecule has 1 aromatic carbocycles. The molecule has 1 aliphatic rings. The fourth-order valence-electron chi connectivity index (χ4n) is 3.27. The summed E-state index contributed by atoms with van der Waals surface area (Å²) >= 11 is 0. The van der Waals surface area contributed by atoms with Gasteiger partial charge in [-0.3, -0.25) is 14.5 Å². The first-order valence-corrected chi connectivity index (χ1v) is 8.67. The van der Waals surface area contributed by atoms with Crippen LogP contribution < -0.4 is 0 Å². The summed E-state index contributed by atoms with van der Waals surface area (Å²) in [5.74, 6) is -0.700. The van der Waals surface area contributed by atoms with Crippen molar-refractivity contribution in [3.05, 3.63) is 35.4 Å². The Kier molecular flexibility index (Phi) is 6.11. The van der Waals surface area contributed by atoms with Gasteiger partial charge < -0.3 is 4.74 Å². The summed E-state index contributed by atoms with van der Waals surface area (Å²) < 4.78 is 44.4. The van der Waals surface area contributed by atoms with Gasteiger partial charge in [-0.2, -0.15) is 13.2 Å². The van der Waals surface area contributed by atoms with Crippen molar-refractivity contribution in [1.29, 1.82) is 0 Å². The lowest BCUT2D eigenvalue weighted by atomic mass is 9.96. The number of hydrogen-bond donors (Lipinski definition) is 0. The van der Waals surface area contributed by atoms with Crippen LogP contribution in [0.4, 0.5) is 13.2 Å². The highest BCUT2D eigenvalue weighted by atomic mass is 19.4. The average Bonchev–Trinajstić information content (AvgIpc) is 2.54. The number of rotatable bonds is 6. The topological polar surface area (TPSA) is 46.6 Å². The van der Waals surface area contributed by atoms with Crippen LogP contribution in [-0.4, -0.2) is 41.4 Å². The van der Waals surface area contributed by atoms with Gasteiger partial charge in [-0.15, -0.1) is 0 Å². The predicted molar refractivity (Wildman–Crippen MR) is 90.6 cm³/mol. The van der Waals surface area contributed by atoms with Crippen molar-refractivity contribution in [2.24, 2.45) is 0 Å². The molecule has 1 unspecified atom stereocenters.